The van der Waals surface area contributed by atoms with E-state index in [2.05, 4.69) is 5.32 Å². The molecule has 0 aromatic heterocycles. The number of rotatable bonds is 4. The van der Waals surface area contributed by atoms with Crippen molar-refractivity contribution in [2.24, 2.45) is 5.73 Å². The highest BCUT2D eigenvalue weighted by Gasteiger charge is 2.07. The summed E-state index contributed by atoms with van der Waals surface area (Å²) in [6.07, 6.45) is 0. The lowest BCUT2D eigenvalue weighted by Crippen LogP contribution is -2.37. The lowest BCUT2D eigenvalue weighted by Gasteiger charge is -2.08. The van der Waals surface area contributed by atoms with Gasteiger partial charge in [0.15, 0.2) is 0 Å². The number of halogens is 1. The zero-order valence-corrected chi connectivity index (χ0v) is 9.03. The molecule has 0 unspecified atom stereocenters. The summed E-state index contributed by atoms with van der Waals surface area (Å²) in [7, 11) is 0. The summed E-state index contributed by atoms with van der Waals surface area (Å²) >= 11 is 0. The van der Waals surface area contributed by atoms with E-state index in [4.69, 9.17) is 10.8 Å². The lowest BCUT2D eigenvalue weighted by atomic mass is 10.1. The second-order valence-electron chi connectivity index (χ2n) is 3.59. The first-order valence-electron chi connectivity index (χ1n) is 4.96. The molecule has 0 aliphatic heterocycles. The van der Waals surface area contributed by atoms with Crippen molar-refractivity contribution in [3.8, 4) is 0 Å². The number of aliphatic hydroxyl groups excluding tert-OH is 1. The van der Waals surface area contributed by atoms with E-state index in [1.165, 1.54) is 12.1 Å². The van der Waals surface area contributed by atoms with Crippen molar-refractivity contribution in [1.82, 2.24) is 5.32 Å². The highest BCUT2D eigenvalue weighted by Crippen LogP contribution is 2.10. The lowest BCUT2D eigenvalue weighted by molar-refractivity contribution is -0.122. The Morgan fingerprint density at radius 2 is 2.31 bits per heavy atom. The molecular weight excluding hydrogens is 211 g/mol. The maximum atomic E-state index is 13.2. The van der Waals surface area contributed by atoms with Gasteiger partial charge in [0, 0.05) is 12.1 Å². The van der Waals surface area contributed by atoms with Gasteiger partial charge in [-0.1, -0.05) is 12.1 Å². The summed E-state index contributed by atoms with van der Waals surface area (Å²) < 4.78 is 13.2. The van der Waals surface area contributed by atoms with Crippen LogP contribution in [0.1, 0.15) is 18.1 Å². The van der Waals surface area contributed by atoms with E-state index in [0.29, 0.717) is 5.56 Å². The molecule has 1 amide bonds. The minimum absolute atomic E-state index is 0.225. The first-order chi connectivity index (χ1) is 7.54. The Kier molecular flexibility index (Phi) is 4.39. The molecule has 0 fully saturated rings. The van der Waals surface area contributed by atoms with Crippen molar-refractivity contribution >= 4 is 5.91 Å². The molecule has 0 aliphatic rings. The number of amides is 1. The molecule has 1 atom stereocenters. The van der Waals surface area contributed by atoms with Crippen molar-refractivity contribution in [2.45, 2.75) is 26.1 Å². The van der Waals surface area contributed by atoms with Gasteiger partial charge in [-0.25, -0.2) is 4.39 Å². The van der Waals surface area contributed by atoms with Crippen LogP contribution in [0.5, 0.6) is 0 Å². The third kappa shape index (κ3) is 3.29. The number of nitrogens with two attached hydrogens (primary N) is 1. The van der Waals surface area contributed by atoms with Gasteiger partial charge in [0.05, 0.1) is 12.6 Å². The fraction of sp³-hybridized carbons (Fsp3) is 0.364. The second-order valence-corrected chi connectivity index (χ2v) is 3.59. The molecule has 0 saturated carbocycles. The van der Waals surface area contributed by atoms with Crippen molar-refractivity contribution < 1.29 is 14.3 Å². The van der Waals surface area contributed by atoms with Gasteiger partial charge in [-0.3, -0.25) is 4.79 Å². The molecule has 0 bridgehead atoms. The minimum atomic E-state index is -0.582. The fourth-order valence-electron chi connectivity index (χ4n) is 1.18. The number of aliphatic hydroxyl groups is 1. The number of nitrogens with one attached hydrogen (secondary N) is 1. The van der Waals surface area contributed by atoms with Gasteiger partial charge >= 0.3 is 0 Å². The molecule has 16 heavy (non-hydrogen) atoms. The molecule has 4 N–H and O–H groups in total. The van der Waals surface area contributed by atoms with E-state index >= 15 is 0 Å². The monoisotopic (exact) mass is 226 g/mol. The average Bonchev–Trinajstić information content (AvgIpc) is 2.25. The molecular formula is C11H15FN2O2. The number of carbonyl (C=O) groups is 1. The number of hydrogen-bond donors (Lipinski definition) is 3. The molecule has 0 heterocycles. The van der Waals surface area contributed by atoms with Crippen LogP contribution in [0.3, 0.4) is 0 Å². The van der Waals surface area contributed by atoms with Crippen LogP contribution >= 0.6 is 0 Å². The van der Waals surface area contributed by atoms with Gasteiger partial charge in [-0.05, 0) is 18.6 Å². The SMILES string of the molecule is C[C@H](N)C(=O)NCc1ccc(CO)c(F)c1. The molecule has 5 heteroatoms. The van der Waals surface area contributed by atoms with Gasteiger partial charge in [0.2, 0.25) is 5.91 Å². The molecule has 1 aromatic carbocycles. The van der Waals surface area contributed by atoms with Crippen LogP contribution in [0.25, 0.3) is 0 Å². The first kappa shape index (κ1) is 12.6. The topological polar surface area (TPSA) is 75.4 Å². The van der Waals surface area contributed by atoms with Crippen LogP contribution in [-0.2, 0) is 17.9 Å². The summed E-state index contributed by atoms with van der Waals surface area (Å²) in [5.74, 6) is -0.762. The Hall–Kier alpha value is -1.46. The summed E-state index contributed by atoms with van der Waals surface area (Å²) in [5, 5.41) is 11.3. The zero-order valence-electron chi connectivity index (χ0n) is 9.03. The summed E-state index contributed by atoms with van der Waals surface area (Å²) in [5.41, 5.74) is 6.22. The van der Waals surface area contributed by atoms with E-state index < -0.39 is 11.9 Å². The highest BCUT2D eigenvalue weighted by molar-refractivity contribution is 5.80. The average molecular weight is 226 g/mol. The van der Waals surface area contributed by atoms with Crippen LogP contribution in [0, 0.1) is 5.82 Å². The predicted octanol–water partition coefficient (Wildman–Crippen LogP) is 0.281. The normalized spacial score (nSPS) is 12.2. The molecule has 4 nitrogen and oxygen atoms in total. The highest BCUT2D eigenvalue weighted by atomic mass is 19.1. The van der Waals surface area contributed by atoms with E-state index in [-0.39, 0.29) is 24.6 Å². The number of benzene rings is 1. The van der Waals surface area contributed by atoms with Gasteiger partial charge < -0.3 is 16.2 Å². The predicted molar refractivity (Wildman–Crippen MR) is 57.8 cm³/mol. The zero-order chi connectivity index (χ0) is 12.1. The molecule has 0 spiro atoms. The smallest absolute Gasteiger partial charge is 0.236 e. The van der Waals surface area contributed by atoms with Gasteiger partial charge in [-0.15, -0.1) is 0 Å². The standard InChI is InChI=1S/C11H15FN2O2/c1-7(13)11(16)14-5-8-2-3-9(6-15)10(12)4-8/h2-4,7,15H,5-6,13H2,1H3,(H,14,16)/t7-/m0/s1. The van der Waals surface area contributed by atoms with Crippen LogP contribution in [0.15, 0.2) is 18.2 Å². The Labute approximate surface area is 93.3 Å². The Balaban J connectivity index is 2.62. The van der Waals surface area contributed by atoms with Crippen molar-refractivity contribution in [3.05, 3.63) is 35.1 Å². The molecule has 1 rings (SSSR count). The van der Waals surface area contributed by atoms with E-state index in [1.807, 2.05) is 0 Å². The van der Waals surface area contributed by atoms with E-state index in [9.17, 15) is 9.18 Å². The van der Waals surface area contributed by atoms with E-state index in [0.717, 1.165) is 0 Å². The van der Waals surface area contributed by atoms with Crippen LogP contribution in [-0.4, -0.2) is 17.1 Å². The maximum Gasteiger partial charge on any atom is 0.236 e. The Bertz CT molecular complexity index is 380. The molecule has 0 aliphatic carbocycles. The molecule has 0 saturated heterocycles. The van der Waals surface area contributed by atoms with Crippen LogP contribution in [0.2, 0.25) is 0 Å². The minimum Gasteiger partial charge on any atom is -0.392 e. The van der Waals surface area contributed by atoms with E-state index in [1.54, 1.807) is 13.0 Å². The maximum absolute atomic E-state index is 13.2. The summed E-state index contributed by atoms with van der Waals surface area (Å²) in [4.78, 5) is 11.2. The Morgan fingerprint density at radius 1 is 1.62 bits per heavy atom. The number of hydrogen-bond acceptors (Lipinski definition) is 3. The van der Waals surface area contributed by atoms with Gasteiger partial charge in [0.1, 0.15) is 5.82 Å². The Morgan fingerprint density at radius 3 is 2.81 bits per heavy atom. The van der Waals surface area contributed by atoms with Crippen LogP contribution < -0.4 is 11.1 Å². The van der Waals surface area contributed by atoms with Gasteiger partial charge in [-0.2, -0.15) is 0 Å². The largest absolute Gasteiger partial charge is 0.392 e. The number of carbonyl (C=O) groups excluding carboxylic acids is 1. The molecule has 0 radical (unpaired) electrons. The molecule has 1 aromatic rings. The fourth-order valence-corrected chi connectivity index (χ4v) is 1.18. The summed E-state index contributed by atoms with van der Waals surface area (Å²) in [6, 6.07) is 3.84. The summed E-state index contributed by atoms with van der Waals surface area (Å²) in [6.45, 7) is 1.46. The van der Waals surface area contributed by atoms with Crippen LogP contribution in [0.4, 0.5) is 4.39 Å². The quantitative estimate of drug-likeness (QED) is 0.690. The molecule has 88 valence electrons. The third-order valence-electron chi connectivity index (χ3n) is 2.17. The van der Waals surface area contributed by atoms with Crippen molar-refractivity contribution in [1.29, 1.82) is 0 Å². The van der Waals surface area contributed by atoms with Crippen molar-refractivity contribution in [2.75, 3.05) is 0 Å². The van der Waals surface area contributed by atoms with Crippen molar-refractivity contribution in [3.63, 3.8) is 0 Å². The third-order valence-corrected chi connectivity index (χ3v) is 2.17. The first-order valence-corrected chi connectivity index (χ1v) is 4.96. The van der Waals surface area contributed by atoms with Gasteiger partial charge in [0.25, 0.3) is 0 Å². The second kappa shape index (κ2) is 5.58.